The topological polar surface area (TPSA) is 29.5 Å². The second-order valence-electron chi connectivity index (χ2n) is 3.44. The van der Waals surface area contributed by atoms with Gasteiger partial charge >= 0.3 is 0 Å². The molecule has 1 aliphatic heterocycles. The zero-order chi connectivity index (χ0) is 9.31. The lowest BCUT2D eigenvalue weighted by Crippen LogP contribution is -2.49. The standard InChI is InChI=1S/C10H11ClO2/c11-9-3-1-8(2-4-9)10(5-12)6-13-7-10/h1-4,12H,5-7H2. The predicted molar refractivity (Wildman–Crippen MR) is 51.0 cm³/mol. The van der Waals surface area contributed by atoms with E-state index in [0.29, 0.717) is 13.2 Å². The maximum Gasteiger partial charge on any atom is 0.0651 e. The van der Waals surface area contributed by atoms with Gasteiger partial charge in [0.1, 0.15) is 0 Å². The van der Waals surface area contributed by atoms with Crippen molar-refractivity contribution >= 4 is 11.6 Å². The summed E-state index contributed by atoms with van der Waals surface area (Å²) in [6.45, 7) is 1.34. The first-order valence-corrected chi connectivity index (χ1v) is 4.59. The first kappa shape index (κ1) is 9.00. The molecule has 0 spiro atoms. The van der Waals surface area contributed by atoms with E-state index in [4.69, 9.17) is 16.3 Å². The van der Waals surface area contributed by atoms with E-state index in [1.165, 1.54) is 0 Å². The third kappa shape index (κ3) is 1.46. The Balaban J connectivity index is 2.28. The van der Waals surface area contributed by atoms with Crippen molar-refractivity contribution in [2.75, 3.05) is 19.8 Å². The summed E-state index contributed by atoms with van der Waals surface area (Å²) in [5, 5.41) is 9.97. The SMILES string of the molecule is OCC1(c2ccc(Cl)cc2)COC1. The van der Waals surface area contributed by atoms with Crippen LogP contribution in [-0.2, 0) is 10.2 Å². The molecule has 1 aliphatic rings. The maximum atomic E-state index is 9.25. The van der Waals surface area contributed by atoms with Crippen molar-refractivity contribution in [3.63, 3.8) is 0 Å². The van der Waals surface area contributed by atoms with Crippen LogP contribution in [0.2, 0.25) is 5.02 Å². The number of hydrogen-bond donors (Lipinski definition) is 1. The van der Waals surface area contributed by atoms with Crippen LogP contribution in [0.5, 0.6) is 0 Å². The first-order valence-electron chi connectivity index (χ1n) is 4.21. The molecule has 3 heteroatoms. The van der Waals surface area contributed by atoms with Crippen molar-refractivity contribution in [1.82, 2.24) is 0 Å². The molecule has 13 heavy (non-hydrogen) atoms. The fourth-order valence-electron chi connectivity index (χ4n) is 1.50. The van der Waals surface area contributed by atoms with Gasteiger partial charge in [0.25, 0.3) is 0 Å². The summed E-state index contributed by atoms with van der Waals surface area (Å²) in [7, 11) is 0. The Bertz CT molecular complexity index is 285. The first-order chi connectivity index (χ1) is 6.27. The highest BCUT2D eigenvalue weighted by Gasteiger charge is 2.39. The van der Waals surface area contributed by atoms with Crippen molar-refractivity contribution in [2.45, 2.75) is 5.41 Å². The van der Waals surface area contributed by atoms with E-state index in [2.05, 4.69) is 0 Å². The van der Waals surface area contributed by atoms with Gasteiger partial charge < -0.3 is 9.84 Å². The number of aliphatic hydroxyl groups is 1. The predicted octanol–water partition coefficient (Wildman–Crippen LogP) is 1.60. The smallest absolute Gasteiger partial charge is 0.0651 e. The van der Waals surface area contributed by atoms with Crippen LogP contribution >= 0.6 is 11.6 Å². The molecule has 2 rings (SSSR count). The molecule has 1 saturated heterocycles. The Morgan fingerprint density at radius 1 is 1.31 bits per heavy atom. The van der Waals surface area contributed by atoms with Crippen LogP contribution in [0.4, 0.5) is 0 Å². The zero-order valence-electron chi connectivity index (χ0n) is 7.16. The van der Waals surface area contributed by atoms with Crippen LogP contribution in [-0.4, -0.2) is 24.9 Å². The molecule has 0 saturated carbocycles. The molecule has 0 aromatic heterocycles. The fraction of sp³-hybridized carbons (Fsp3) is 0.400. The van der Waals surface area contributed by atoms with Crippen molar-refractivity contribution in [3.8, 4) is 0 Å². The fourth-order valence-corrected chi connectivity index (χ4v) is 1.63. The lowest BCUT2D eigenvalue weighted by Gasteiger charge is -2.40. The highest BCUT2D eigenvalue weighted by molar-refractivity contribution is 6.30. The van der Waals surface area contributed by atoms with Gasteiger partial charge in [0.05, 0.1) is 25.2 Å². The summed E-state index contributed by atoms with van der Waals surface area (Å²) in [4.78, 5) is 0. The normalized spacial score (nSPS) is 19.5. The Kier molecular flexibility index (Phi) is 2.28. The van der Waals surface area contributed by atoms with Gasteiger partial charge in [-0.15, -0.1) is 0 Å². The van der Waals surface area contributed by atoms with Gasteiger partial charge in [-0.25, -0.2) is 0 Å². The minimum Gasteiger partial charge on any atom is -0.395 e. The second kappa shape index (κ2) is 3.29. The largest absolute Gasteiger partial charge is 0.395 e. The summed E-state index contributed by atoms with van der Waals surface area (Å²) in [5.41, 5.74) is 0.926. The Morgan fingerprint density at radius 2 is 1.92 bits per heavy atom. The molecule has 1 fully saturated rings. The van der Waals surface area contributed by atoms with E-state index in [1.54, 1.807) is 0 Å². The van der Waals surface area contributed by atoms with E-state index in [1.807, 2.05) is 24.3 Å². The minimum atomic E-state index is -0.176. The average molecular weight is 199 g/mol. The molecular formula is C10H11ClO2. The van der Waals surface area contributed by atoms with Gasteiger partial charge in [0.2, 0.25) is 0 Å². The number of rotatable bonds is 2. The number of benzene rings is 1. The number of aliphatic hydroxyl groups excluding tert-OH is 1. The van der Waals surface area contributed by atoms with Crippen LogP contribution in [0.15, 0.2) is 24.3 Å². The van der Waals surface area contributed by atoms with Gasteiger partial charge in [0, 0.05) is 5.02 Å². The number of halogens is 1. The Hall–Kier alpha value is -0.570. The van der Waals surface area contributed by atoms with E-state index in [0.717, 1.165) is 10.6 Å². The van der Waals surface area contributed by atoms with Crippen LogP contribution in [0, 0.1) is 0 Å². The molecule has 0 aliphatic carbocycles. The summed E-state index contributed by atoms with van der Waals surface area (Å²) in [5.74, 6) is 0. The van der Waals surface area contributed by atoms with Crippen molar-refractivity contribution in [1.29, 1.82) is 0 Å². The molecule has 1 heterocycles. The molecule has 1 aromatic carbocycles. The van der Waals surface area contributed by atoms with E-state index < -0.39 is 0 Å². The zero-order valence-corrected chi connectivity index (χ0v) is 7.92. The summed E-state index contributed by atoms with van der Waals surface area (Å²) >= 11 is 5.77. The minimum absolute atomic E-state index is 0.134. The van der Waals surface area contributed by atoms with E-state index in [-0.39, 0.29) is 12.0 Å². The molecule has 0 radical (unpaired) electrons. The van der Waals surface area contributed by atoms with Crippen molar-refractivity contribution in [2.24, 2.45) is 0 Å². The van der Waals surface area contributed by atoms with Gasteiger partial charge in [-0.1, -0.05) is 23.7 Å². The van der Waals surface area contributed by atoms with Gasteiger partial charge in [-0.3, -0.25) is 0 Å². The van der Waals surface area contributed by atoms with Crippen LogP contribution in [0.3, 0.4) is 0 Å². The lowest BCUT2D eigenvalue weighted by atomic mass is 9.79. The third-order valence-corrected chi connectivity index (χ3v) is 2.77. The van der Waals surface area contributed by atoms with E-state index in [9.17, 15) is 5.11 Å². The van der Waals surface area contributed by atoms with Gasteiger partial charge in [-0.2, -0.15) is 0 Å². The maximum absolute atomic E-state index is 9.25. The molecule has 1 N–H and O–H groups in total. The number of hydrogen-bond acceptors (Lipinski definition) is 2. The molecule has 0 atom stereocenters. The van der Waals surface area contributed by atoms with Crippen LogP contribution in [0.25, 0.3) is 0 Å². The summed E-state index contributed by atoms with van der Waals surface area (Å²) in [6.07, 6.45) is 0. The molecule has 0 unspecified atom stereocenters. The van der Waals surface area contributed by atoms with E-state index >= 15 is 0 Å². The third-order valence-electron chi connectivity index (χ3n) is 2.52. The Morgan fingerprint density at radius 3 is 2.31 bits per heavy atom. The monoisotopic (exact) mass is 198 g/mol. The summed E-state index contributed by atoms with van der Waals surface area (Å²) in [6, 6.07) is 7.57. The molecular weight excluding hydrogens is 188 g/mol. The number of ether oxygens (including phenoxy) is 1. The van der Waals surface area contributed by atoms with Crippen LogP contribution < -0.4 is 0 Å². The highest BCUT2D eigenvalue weighted by atomic mass is 35.5. The molecule has 0 amide bonds. The van der Waals surface area contributed by atoms with Crippen LogP contribution in [0.1, 0.15) is 5.56 Å². The van der Waals surface area contributed by atoms with Crippen molar-refractivity contribution in [3.05, 3.63) is 34.9 Å². The molecule has 2 nitrogen and oxygen atoms in total. The lowest BCUT2D eigenvalue weighted by molar-refractivity contribution is -0.0841. The molecule has 1 aromatic rings. The van der Waals surface area contributed by atoms with Gasteiger partial charge in [-0.05, 0) is 17.7 Å². The summed E-state index contributed by atoms with van der Waals surface area (Å²) < 4.78 is 5.12. The molecule has 70 valence electrons. The van der Waals surface area contributed by atoms with Crippen molar-refractivity contribution < 1.29 is 9.84 Å². The van der Waals surface area contributed by atoms with Gasteiger partial charge in [0.15, 0.2) is 0 Å². The Labute approximate surface area is 82.1 Å². The highest BCUT2D eigenvalue weighted by Crippen LogP contribution is 2.32. The average Bonchev–Trinajstić information content (AvgIpc) is 2.07. The second-order valence-corrected chi connectivity index (χ2v) is 3.87. The molecule has 0 bridgehead atoms. The quantitative estimate of drug-likeness (QED) is 0.783.